The molecule has 0 radical (unpaired) electrons. The van der Waals surface area contributed by atoms with Crippen LogP contribution in [0.2, 0.25) is 0 Å². The molecule has 0 bridgehead atoms. The second-order valence-corrected chi connectivity index (χ2v) is 8.97. The molecule has 0 saturated heterocycles. The van der Waals surface area contributed by atoms with E-state index in [1.165, 1.54) is 30.7 Å². The van der Waals surface area contributed by atoms with Crippen molar-refractivity contribution in [3.63, 3.8) is 0 Å². The van der Waals surface area contributed by atoms with Crippen molar-refractivity contribution < 1.29 is 19.1 Å². The summed E-state index contributed by atoms with van der Waals surface area (Å²) in [4.78, 5) is 45.3. The first-order valence-corrected chi connectivity index (χ1v) is 11.6. The molecule has 1 aliphatic rings. The molecule has 0 aliphatic carbocycles. The van der Waals surface area contributed by atoms with Crippen molar-refractivity contribution in [2.75, 3.05) is 20.8 Å². The zero-order valence-corrected chi connectivity index (χ0v) is 20.4. The highest BCUT2D eigenvalue weighted by Crippen LogP contribution is 2.29. The van der Waals surface area contributed by atoms with Gasteiger partial charge >= 0.3 is 0 Å². The average molecular weight is 479 g/mol. The standard InChI is InChI=1S/C26H30N4O5/c1-16(2)24(26(33)29-10-9-17-7-5-6-8-18(17)13-29)28-23(31)14-30-15-27-20-12-22(35-4)21(34-3)11-19(20)25(30)32/h5-8,11-12,15-16,24H,9-10,13-14H2,1-4H3,(H,28,31)/t24-/m0/s1. The minimum absolute atomic E-state index is 0.119. The van der Waals surface area contributed by atoms with E-state index >= 15 is 0 Å². The molecule has 0 spiro atoms. The summed E-state index contributed by atoms with van der Waals surface area (Å²) in [5.41, 5.74) is 2.43. The van der Waals surface area contributed by atoms with Crippen LogP contribution < -0.4 is 20.3 Å². The molecular formula is C26H30N4O5. The van der Waals surface area contributed by atoms with E-state index in [9.17, 15) is 14.4 Å². The smallest absolute Gasteiger partial charge is 0.261 e. The fourth-order valence-corrected chi connectivity index (χ4v) is 4.37. The second-order valence-electron chi connectivity index (χ2n) is 8.97. The van der Waals surface area contributed by atoms with Crippen molar-refractivity contribution in [2.45, 2.75) is 39.4 Å². The Morgan fingerprint density at radius 2 is 1.77 bits per heavy atom. The molecule has 9 nitrogen and oxygen atoms in total. The summed E-state index contributed by atoms with van der Waals surface area (Å²) in [7, 11) is 2.99. The zero-order chi connectivity index (χ0) is 25.1. The Hall–Kier alpha value is -3.88. The van der Waals surface area contributed by atoms with Gasteiger partial charge in [-0.15, -0.1) is 0 Å². The first kappa shape index (κ1) is 24.3. The van der Waals surface area contributed by atoms with Crippen molar-refractivity contribution in [2.24, 2.45) is 5.92 Å². The summed E-state index contributed by atoms with van der Waals surface area (Å²) in [6.45, 7) is 4.66. The van der Waals surface area contributed by atoms with Gasteiger partial charge in [0, 0.05) is 19.2 Å². The molecule has 4 rings (SSSR count). The fraction of sp³-hybridized carbons (Fsp3) is 0.385. The van der Waals surface area contributed by atoms with Gasteiger partial charge in [0.25, 0.3) is 5.56 Å². The van der Waals surface area contributed by atoms with Gasteiger partial charge < -0.3 is 19.7 Å². The Balaban J connectivity index is 1.50. The number of methoxy groups -OCH3 is 2. The van der Waals surface area contributed by atoms with Crippen LogP contribution in [0.3, 0.4) is 0 Å². The number of carbonyl (C=O) groups is 2. The van der Waals surface area contributed by atoms with Gasteiger partial charge in [0.2, 0.25) is 11.8 Å². The first-order chi connectivity index (χ1) is 16.8. The minimum atomic E-state index is -0.693. The highest BCUT2D eigenvalue weighted by atomic mass is 16.5. The molecule has 184 valence electrons. The highest BCUT2D eigenvalue weighted by molar-refractivity contribution is 5.88. The number of rotatable bonds is 7. The normalized spacial score (nSPS) is 13.9. The summed E-state index contributed by atoms with van der Waals surface area (Å²) in [5, 5.41) is 3.15. The van der Waals surface area contributed by atoms with E-state index in [2.05, 4.69) is 16.4 Å². The maximum Gasteiger partial charge on any atom is 0.261 e. The van der Waals surface area contributed by atoms with E-state index in [1.54, 1.807) is 17.0 Å². The van der Waals surface area contributed by atoms with Crippen LogP contribution >= 0.6 is 0 Å². The predicted molar refractivity (Wildman–Crippen MR) is 131 cm³/mol. The summed E-state index contributed by atoms with van der Waals surface area (Å²) < 4.78 is 11.8. The third kappa shape index (κ3) is 4.99. The largest absolute Gasteiger partial charge is 0.493 e. The number of amides is 2. The molecule has 1 aliphatic heterocycles. The van der Waals surface area contributed by atoms with Gasteiger partial charge in [0.1, 0.15) is 12.6 Å². The number of nitrogens with one attached hydrogen (secondary N) is 1. The lowest BCUT2D eigenvalue weighted by molar-refractivity contribution is -0.138. The lowest BCUT2D eigenvalue weighted by Crippen LogP contribution is -2.53. The molecule has 0 unspecified atom stereocenters. The van der Waals surface area contributed by atoms with Gasteiger partial charge in [-0.2, -0.15) is 0 Å². The van der Waals surface area contributed by atoms with Crippen LogP contribution in [-0.4, -0.2) is 53.1 Å². The maximum absolute atomic E-state index is 13.3. The van der Waals surface area contributed by atoms with Crippen LogP contribution in [0, 0.1) is 5.92 Å². The molecule has 2 amide bonds. The number of hydrogen-bond donors (Lipinski definition) is 1. The Morgan fingerprint density at radius 1 is 1.09 bits per heavy atom. The van der Waals surface area contributed by atoms with E-state index in [0.29, 0.717) is 35.5 Å². The molecule has 9 heteroatoms. The van der Waals surface area contributed by atoms with E-state index in [1.807, 2.05) is 32.0 Å². The van der Waals surface area contributed by atoms with Crippen LogP contribution in [0.5, 0.6) is 11.5 Å². The van der Waals surface area contributed by atoms with Crippen LogP contribution in [-0.2, 0) is 29.1 Å². The van der Waals surface area contributed by atoms with Gasteiger partial charge in [-0.1, -0.05) is 38.1 Å². The van der Waals surface area contributed by atoms with Crippen LogP contribution in [0.1, 0.15) is 25.0 Å². The molecule has 1 atom stereocenters. The summed E-state index contributed by atoms with van der Waals surface area (Å²) >= 11 is 0. The quantitative estimate of drug-likeness (QED) is 0.558. The summed E-state index contributed by atoms with van der Waals surface area (Å²) in [6.07, 6.45) is 2.11. The monoisotopic (exact) mass is 478 g/mol. The second kappa shape index (κ2) is 10.2. The van der Waals surface area contributed by atoms with Crippen molar-refractivity contribution in [1.82, 2.24) is 19.8 Å². The molecule has 1 aromatic heterocycles. The molecule has 3 aromatic rings. The van der Waals surface area contributed by atoms with E-state index in [4.69, 9.17) is 9.47 Å². The van der Waals surface area contributed by atoms with Crippen LogP contribution in [0.4, 0.5) is 0 Å². The van der Waals surface area contributed by atoms with Crippen molar-refractivity contribution in [1.29, 1.82) is 0 Å². The number of carbonyl (C=O) groups excluding carboxylic acids is 2. The van der Waals surface area contributed by atoms with E-state index in [-0.39, 0.29) is 23.9 Å². The van der Waals surface area contributed by atoms with Crippen LogP contribution in [0.25, 0.3) is 10.9 Å². The Labute approximate surface area is 203 Å². The number of nitrogens with zero attached hydrogens (tertiary/aromatic N) is 3. The van der Waals surface area contributed by atoms with Gasteiger partial charge in [0.15, 0.2) is 11.5 Å². The SMILES string of the molecule is COc1cc2ncn(CC(=O)N[C@H](C(=O)N3CCc4ccccc4C3)C(C)C)c(=O)c2cc1OC. The van der Waals surface area contributed by atoms with Crippen molar-refractivity contribution in [3.8, 4) is 11.5 Å². The highest BCUT2D eigenvalue weighted by Gasteiger charge is 2.30. The van der Waals surface area contributed by atoms with Gasteiger partial charge in [-0.25, -0.2) is 4.98 Å². The Morgan fingerprint density at radius 3 is 2.46 bits per heavy atom. The molecule has 2 heterocycles. The van der Waals surface area contributed by atoms with Gasteiger partial charge in [-0.05, 0) is 29.5 Å². The van der Waals surface area contributed by atoms with E-state index in [0.717, 1.165) is 12.0 Å². The van der Waals surface area contributed by atoms with Crippen molar-refractivity contribution >= 4 is 22.7 Å². The summed E-state index contributed by atoms with van der Waals surface area (Å²) in [6, 6.07) is 10.6. The van der Waals surface area contributed by atoms with Gasteiger partial charge in [-0.3, -0.25) is 19.0 Å². The van der Waals surface area contributed by atoms with Crippen molar-refractivity contribution in [3.05, 3.63) is 64.2 Å². The average Bonchev–Trinajstić information content (AvgIpc) is 2.87. The number of benzene rings is 2. The molecule has 35 heavy (non-hydrogen) atoms. The van der Waals surface area contributed by atoms with Gasteiger partial charge in [0.05, 0.1) is 31.4 Å². The zero-order valence-electron chi connectivity index (χ0n) is 20.4. The first-order valence-electron chi connectivity index (χ1n) is 11.6. The lowest BCUT2D eigenvalue weighted by Gasteiger charge is -2.33. The molecule has 0 fully saturated rings. The third-order valence-electron chi connectivity index (χ3n) is 6.33. The predicted octanol–water partition coefficient (Wildman–Crippen LogP) is 2.14. The molecule has 1 N–H and O–H groups in total. The maximum atomic E-state index is 13.3. The molecular weight excluding hydrogens is 448 g/mol. The fourth-order valence-electron chi connectivity index (χ4n) is 4.37. The molecule has 0 saturated carbocycles. The Kier molecular flexibility index (Phi) is 7.04. The number of ether oxygens (including phenoxy) is 2. The minimum Gasteiger partial charge on any atom is -0.493 e. The number of hydrogen-bond acceptors (Lipinski definition) is 6. The Bertz CT molecular complexity index is 1320. The number of aromatic nitrogens is 2. The summed E-state index contributed by atoms with van der Waals surface area (Å²) in [5.74, 6) is 0.185. The van der Waals surface area contributed by atoms with E-state index < -0.39 is 11.9 Å². The number of fused-ring (bicyclic) bond motifs is 2. The van der Waals surface area contributed by atoms with Crippen LogP contribution in [0.15, 0.2) is 47.5 Å². The lowest BCUT2D eigenvalue weighted by atomic mass is 9.97. The molecule has 2 aromatic carbocycles. The topological polar surface area (TPSA) is 103 Å². The third-order valence-corrected chi connectivity index (χ3v) is 6.33.